The minimum atomic E-state index is -3.59. The Morgan fingerprint density at radius 2 is 1.40 bits per heavy atom. The summed E-state index contributed by atoms with van der Waals surface area (Å²) in [6, 6.07) is 21.4. The predicted molar refractivity (Wildman–Crippen MR) is 365 cm³/mol. The smallest absolute Gasteiger partial charge is 0.241 e. The number of aromatic nitrogens is 3. The van der Waals surface area contributed by atoms with Gasteiger partial charge >= 0.3 is 0 Å². The first-order valence-corrected chi connectivity index (χ1v) is 34.8. The van der Waals surface area contributed by atoms with Crippen molar-refractivity contribution in [3.63, 3.8) is 0 Å². The number of hydrogen-bond acceptors (Lipinski definition) is 21. The van der Waals surface area contributed by atoms with Crippen LogP contribution in [0.3, 0.4) is 0 Å². The fourth-order valence-electron chi connectivity index (χ4n) is 11.7. The second-order valence-corrected chi connectivity index (χ2v) is 28.1. The fraction of sp³-hybridized carbons (Fsp3) is 0.580. The van der Waals surface area contributed by atoms with E-state index in [1.54, 1.807) is 45.2 Å². The maximum atomic E-state index is 13.9. The lowest BCUT2D eigenvalue weighted by molar-refractivity contribution is -0.123. The number of amides is 2. The molecule has 2 atom stereocenters. The third kappa shape index (κ3) is 21.9. The molecule has 3 aliphatic rings. The number of nitrogens with zero attached hydrogens (tertiary/aromatic N) is 6. The first-order valence-electron chi connectivity index (χ1n) is 32.9. The summed E-state index contributed by atoms with van der Waals surface area (Å²) in [4.78, 5) is 47.3. The van der Waals surface area contributed by atoms with E-state index in [-0.39, 0.29) is 57.0 Å². The number of aryl methyl sites for hydroxylation is 1. The van der Waals surface area contributed by atoms with Gasteiger partial charge in [-0.1, -0.05) is 55.8 Å². The molecule has 4 N–H and O–H groups in total. The van der Waals surface area contributed by atoms with E-state index < -0.39 is 15.1 Å². The number of piperidine rings is 1. The number of ether oxygens (including phenoxy) is 9. The second kappa shape index (κ2) is 36.8. The van der Waals surface area contributed by atoms with Crippen LogP contribution in [-0.4, -0.2) is 220 Å². The van der Waals surface area contributed by atoms with Gasteiger partial charge in [0.25, 0.3) is 0 Å². The van der Waals surface area contributed by atoms with Crippen molar-refractivity contribution in [2.24, 2.45) is 0 Å². The van der Waals surface area contributed by atoms with Crippen LogP contribution in [0.4, 0.5) is 28.8 Å². The summed E-state index contributed by atoms with van der Waals surface area (Å²) in [6.45, 7) is 26.6. The number of carbonyl (C=O) groups is 2. The van der Waals surface area contributed by atoms with Gasteiger partial charge in [-0.3, -0.25) is 24.4 Å². The van der Waals surface area contributed by atoms with Gasteiger partial charge in [-0.15, -0.1) is 0 Å². The zero-order valence-electron chi connectivity index (χ0n) is 56.3. The standard InChI is InChI=1S/C69H99ClN10O13S/c1-48(2)93-62-39-56(50(5)36-59(62)76-68-74-42-57(70)67(77-68)75-58-15-11-13-17-63(58)94(83,84)49(3)4)53-18-21-78(22-19-53)44-64(81)71-20-23-86-24-25-87-26-27-88-28-29-89-30-31-90-32-33-91-34-35-92-61-16-12-10-14-54(61)37-52-38-60-66(73-40-52)69(7,8)47-80(60)65(82)45-79-43-51(6)72-41-55(79)46-85-9/h10-17,36,38-40,42,48-49,51,53,55,72H,18-35,37,41,43-47H2,1-9H3,(H,71,81)(H2,74,75,76,77)/t51-,55-/m1/s1. The van der Waals surface area contributed by atoms with E-state index in [1.807, 2.05) is 49.2 Å². The number of sulfone groups is 1. The molecule has 0 radical (unpaired) electrons. The zero-order chi connectivity index (χ0) is 67.0. The first-order chi connectivity index (χ1) is 45.3. The molecule has 25 heteroatoms. The number of halogens is 1. The Morgan fingerprint density at radius 3 is 2.06 bits per heavy atom. The van der Waals surface area contributed by atoms with Crippen LogP contribution in [0.5, 0.6) is 11.5 Å². The van der Waals surface area contributed by atoms with Crippen molar-refractivity contribution in [3.05, 3.63) is 112 Å². The largest absolute Gasteiger partial charge is 0.491 e. The molecule has 2 fully saturated rings. The summed E-state index contributed by atoms with van der Waals surface area (Å²) in [5.41, 5.74) is 6.92. The predicted octanol–water partition coefficient (Wildman–Crippen LogP) is 8.29. The Kier molecular flexibility index (Phi) is 28.9. The third-order valence-electron chi connectivity index (χ3n) is 16.6. The van der Waals surface area contributed by atoms with Gasteiger partial charge in [0.2, 0.25) is 17.8 Å². The van der Waals surface area contributed by atoms with Crippen LogP contribution in [0.15, 0.2) is 84.0 Å². The van der Waals surface area contributed by atoms with Crippen molar-refractivity contribution in [3.8, 4) is 11.5 Å². The van der Waals surface area contributed by atoms with Gasteiger partial charge in [-0.2, -0.15) is 4.98 Å². The highest BCUT2D eigenvalue weighted by atomic mass is 35.5. The Morgan fingerprint density at radius 1 is 0.766 bits per heavy atom. The van der Waals surface area contributed by atoms with E-state index in [2.05, 4.69) is 86.9 Å². The van der Waals surface area contributed by atoms with Crippen molar-refractivity contribution in [1.82, 2.24) is 35.4 Å². The number of para-hydroxylation sites is 2. The Bertz CT molecular complexity index is 3320. The number of likely N-dealkylation sites (tertiary alicyclic amines) is 1. The van der Waals surface area contributed by atoms with Crippen LogP contribution in [0.2, 0.25) is 5.02 Å². The molecule has 0 saturated carbocycles. The molecule has 0 spiro atoms. The van der Waals surface area contributed by atoms with Crippen molar-refractivity contribution < 1.29 is 60.6 Å². The molecule has 2 amide bonds. The Hall–Kier alpha value is -6.13. The SMILES string of the molecule is COC[C@H]1CN[C@H](C)CN1CC(=O)N1CC(C)(C)c2ncc(Cc3ccccc3OCCOCCOCCOCCOCCOCCOCCNC(=O)CN3CCC(c4cc(OC(C)C)c(Nc5ncc(Cl)c(Nc6ccccc6S(=O)(=O)C(C)C)n5)cc4C)CC3)cc21. The van der Waals surface area contributed by atoms with Crippen LogP contribution in [0, 0.1) is 6.92 Å². The molecule has 2 aromatic heterocycles. The molecule has 0 bridgehead atoms. The molecule has 94 heavy (non-hydrogen) atoms. The van der Waals surface area contributed by atoms with Crippen LogP contribution in [0.25, 0.3) is 0 Å². The number of benzene rings is 3. The summed E-state index contributed by atoms with van der Waals surface area (Å²) in [6.07, 6.45) is 5.66. The van der Waals surface area contributed by atoms with Gasteiger partial charge in [0.05, 0.1) is 144 Å². The molecule has 5 heterocycles. The number of rotatable bonds is 39. The highest BCUT2D eigenvalue weighted by molar-refractivity contribution is 7.92. The molecule has 3 aliphatic heterocycles. The molecule has 5 aromatic rings. The third-order valence-corrected chi connectivity index (χ3v) is 19.1. The van der Waals surface area contributed by atoms with Crippen molar-refractivity contribution in [2.75, 3.05) is 167 Å². The summed E-state index contributed by atoms with van der Waals surface area (Å²) in [7, 11) is -1.88. The normalized spacial score (nSPS) is 17.0. The number of hydrogen-bond donors (Lipinski definition) is 4. The highest BCUT2D eigenvalue weighted by Crippen LogP contribution is 2.41. The topological polar surface area (TPSA) is 248 Å². The number of anilines is 5. The molecule has 0 unspecified atom stereocenters. The molecule has 23 nitrogen and oxygen atoms in total. The molecular weight excluding hydrogens is 1240 g/mol. The molecule has 2 saturated heterocycles. The first kappa shape index (κ1) is 73.7. The molecular formula is C69H99ClN10O13S. The van der Waals surface area contributed by atoms with E-state index in [0.717, 1.165) is 72.8 Å². The maximum Gasteiger partial charge on any atom is 0.241 e. The minimum Gasteiger partial charge on any atom is -0.491 e. The molecule has 0 aliphatic carbocycles. The van der Waals surface area contributed by atoms with Crippen molar-refractivity contribution in [1.29, 1.82) is 0 Å². The number of fused-ring (bicyclic) bond motifs is 1. The average molecular weight is 1340 g/mol. The van der Waals surface area contributed by atoms with Gasteiger partial charge in [0, 0.05) is 63.4 Å². The molecule has 516 valence electrons. The summed E-state index contributed by atoms with van der Waals surface area (Å²) in [5.74, 6) is 2.26. The average Bonchev–Trinajstić information content (AvgIpc) is 1.58. The fourth-order valence-corrected chi connectivity index (χ4v) is 13.1. The molecule has 8 rings (SSSR count). The number of pyridine rings is 1. The van der Waals surface area contributed by atoms with Gasteiger partial charge < -0.3 is 68.8 Å². The van der Waals surface area contributed by atoms with Crippen LogP contribution in [-0.2, 0) is 64.4 Å². The van der Waals surface area contributed by atoms with E-state index >= 15 is 0 Å². The summed E-state index contributed by atoms with van der Waals surface area (Å²) >= 11 is 6.53. The van der Waals surface area contributed by atoms with E-state index in [9.17, 15) is 18.0 Å². The van der Waals surface area contributed by atoms with Crippen molar-refractivity contribution in [2.45, 2.75) is 114 Å². The minimum absolute atomic E-state index is 0.0368. The van der Waals surface area contributed by atoms with E-state index in [1.165, 1.54) is 11.8 Å². The summed E-state index contributed by atoms with van der Waals surface area (Å²) in [5, 5.41) is 12.5. The lowest BCUT2D eigenvalue weighted by Crippen LogP contribution is -2.59. The quantitative estimate of drug-likeness (QED) is 0.0270. The van der Waals surface area contributed by atoms with Gasteiger partial charge in [0.1, 0.15) is 23.1 Å². The van der Waals surface area contributed by atoms with Gasteiger partial charge in [-0.05, 0) is 132 Å². The highest BCUT2D eigenvalue weighted by Gasteiger charge is 2.41. The van der Waals surface area contributed by atoms with Gasteiger partial charge in [-0.25, -0.2) is 13.4 Å². The van der Waals surface area contributed by atoms with E-state index in [4.69, 9.17) is 59.2 Å². The van der Waals surface area contributed by atoms with Crippen LogP contribution < -0.4 is 35.6 Å². The Labute approximate surface area is 560 Å². The van der Waals surface area contributed by atoms with Gasteiger partial charge in [0.15, 0.2) is 15.7 Å². The Balaban J connectivity index is 0.614. The maximum absolute atomic E-state index is 13.9. The number of carbonyl (C=O) groups excluding carboxylic acids is 2. The van der Waals surface area contributed by atoms with E-state index in [0.29, 0.717) is 148 Å². The van der Waals surface area contributed by atoms with Crippen LogP contribution >= 0.6 is 11.6 Å². The lowest BCUT2D eigenvalue weighted by Gasteiger charge is -2.39. The number of nitrogens with one attached hydrogen (secondary N) is 4. The van der Waals surface area contributed by atoms with Crippen LogP contribution in [0.1, 0.15) is 95.2 Å². The zero-order valence-corrected chi connectivity index (χ0v) is 57.9. The lowest BCUT2D eigenvalue weighted by atomic mass is 9.86. The second-order valence-electron chi connectivity index (χ2n) is 25.2. The monoisotopic (exact) mass is 1340 g/mol. The summed E-state index contributed by atoms with van der Waals surface area (Å²) < 4.78 is 78.3. The molecule has 3 aromatic carbocycles. The van der Waals surface area contributed by atoms with Crippen molar-refractivity contribution >= 4 is 62.1 Å². The number of piperazine rings is 1. The number of methoxy groups -OCH3 is 1.